The second-order valence-corrected chi connectivity index (χ2v) is 7.41. The van der Waals surface area contributed by atoms with Gasteiger partial charge in [0.15, 0.2) is 0 Å². The second-order valence-electron chi connectivity index (χ2n) is 7.41. The predicted molar refractivity (Wildman–Crippen MR) is 118 cm³/mol. The summed E-state index contributed by atoms with van der Waals surface area (Å²) in [4.78, 5) is 20.3. The van der Waals surface area contributed by atoms with Crippen molar-refractivity contribution in [1.82, 2.24) is 15.0 Å². The van der Waals surface area contributed by atoms with Gasteiger partial charge in [0, 0.05) is 63.7 Å². The van der Waals surface area contributed by atoms with E-state index in [1.165, 1.54) is 5.69 Å². The fourth-order valence-corrected chi connectivity index (χ4v) is 3.65. The molecule has 1 saturated heterocycles. The van der Waals surface area contributed by atoms with Gasteiger partial charge in [-0.3, -0.25) is 4.98 Å². The molecule has 0 unspecified atom stereocenters. The van der Waals surface area contributed by atoms with Gasteiger partial charge in [-0.2, -0.15) is 4.98 Å². The molecule has 3 aromatic rings. The standard InChI is InChI=1S/C22H28N6O/c1-4-16-29-19-7-5-6-17-18(8-10-23-21(17)19)27-12-14-28(15-13-27)20-9-11-24-22(25-20)26(2)3/h5-11H,4,12-16H2,1-3H3. The zero-order valence-electron chi connectivity index (χ0n) is 17.4. The average molecular weight is 393 g/mol. The number of anilines is 3. The molecule has 0 radical (unpaired) electrons. The fraction of sp³-hybridized carbons (Fsp3) is 0.409. The Balaban J connectivity index is 1.53. The van der Waals surface area contributed by atoms with Crippen molar-refractivity contribution in [2.75, 3.05) is 61.6 Å². The molecule has 1 fully saturated rings. The van der Waals surface area contributed by atoms with E-state index in [2.05, 4.69) is 49.9 Å². The first-order chi connectivity index (χ1) is 14.2. The highest BCUT2D eigenvalue weighted by atomic mass is 16.5. The van der Waals surface area contributed by atoms with Crippen molar-refractivity contribution < 1.29 is 4.74 Å². The lowest BCUT2D eigenvalue weighted by atomic mass is 10.1. The van der Waals surface area contributed by atoms with E-state index in [4.69, 9.17) is 4.74 Å². The number of piperazine rings is 1. The van der Waals surface area contributed by atoms with Crippen molar-refractivity contribution in [3.63, 3.8) is 0 Å². The summed E-state index contributed by atoms with van der Waals surface area (Å²) in [5.41, 5.74) is 2.15. The van der Waals surface area contributed by atoms with Crippen molar-refractivity contribution in [2.45, 2.75) is 13.3 Å². The third-order valence-electron chi connectivity index (χ3n) is 5.15. The van der Waals surface area contributed by atoms with Gasteiger partial charge in [-0.25, -0.2) is 4.98 Å². The highest BCUT2D eigenvalue weighted by Crippen LogP contribution is 2.32. The molecule has 0 spiro atoms. The van der Waals surface area contributed by atoms with Gasteiger partial charge in [-0.15, -0.1) is 0 Å². The Hall–Kier alpha value is -3.09. The average Bonchev–Trinajstić information content (AvgIpc) is 2.77. The third-order valence-corrected chi connectivity index (χ3v) is 5.15. The number of hydrogen-bond acceptors (Lipinski definition) is 7. The SMILES string of the molecule is CCCOc1cccc2c(N3CCN(c4ccnc(N(C)C)n4)CC3)ccnc12. The van der Waals surface area contributed by atoms with Crippen molar-refractivity contribution in [3.05, 3.63) is 42.7 Å². The highest BCUT2D eigenvalue weighted by molar-refractivity contribution is 5.95. The number of hydrogen-bond donors (Lipinski definition) is 0. The van der Waals surface area contributed by atoms with E-state index in [-0.39, 0.29) is 0 Å². The lowest BCUT2D eigenvalue weighted by molar-refractivity contribution is 0.320. The minimum Gasteiger partial charge on any atom is -0.491 e. The van der Waals surface area contributed by atoms with Crippen LogP contribution in [0.25, 0.3) is 10.9 Å². The van der Waals surface area contributed by atoms with Gasteiger partial charge in [0.05, 0.1) is 6.61 Å². The largest absolute Gasteiger partial charge is 0.491 e. The van der Waals surface area contributed by atoms with E-state index >= 15 is 0 Å². The van der Waals surface area contributed by atoms with Crippen molar-refractivity contribution in [1.29, 1.82) is 0 Å². The Morgan fingerprint density at radius 2 is 1.72 bits per heavy atom. The van der Waals surface area contributed by atoms with Crippen molar-refractivity contribution >= 4 is 28.4 Å². The van der Waals surface area contributed by atoms with E-state index < -0.39 is 0 Å². The van der Waals surface area contributed by atoms with Crippen LogP contribution in [0.2, 0.25) is 0 Å². The molecule has 7 nitrogen and oxygen atoms in total. The van der Waals surface area contributed by atoms with Crippen LogP contribution in [0.1, 0.15) is 13.3 Å². The molecule has 0 aliphatic carbocycles. The lowest BCUT2D eigenvalue weighted by Gasteiger charge is -2.37. The van der Waals surface area contributed by atoms with Gasteiger partial charge in [0.1, 0.15) is 17.1 Å². The molecule has 3 heterocycles. The lowest BCUT2D eigenvalue weighted by Crippen LogP contribution is -2.47. The van der Waals surface area contributed by atoms with Crippen LogP contribution in [-0.4, -0.2) is 61.8 Å². The molecule has 2 aromatic heterocycles. The maximum absolute atomic E-state index is 5.91. The first kappa shape index (κ1) is 19.2. The van der Waals surface area contributed by atoms with Crippen molar-refractivity contribution in [2.24, 2.45) is 0 Å². The van der Waals surface area contributed by atoms with Gasteiger partial charge in [-0.1, -0.05) is 19.1 Å². The summed E-state index contributed by atoms with van der Waals surface area (Å²) in [7, 11) is 3.92. The van der Waals surface area contributed by atoms with Gasteiger partial charge >= 0.3 is 0 Å². The Labute approximate surface area is 172 Å². The maximum atomic E-state index is 5.91. The Morgan fingerprint density at radius 1 is 0.966 bits per heavy atom. The molecule has 1 aliphatic heterocycles. The predicted octanol–water partition coefficient (Wildman–Crippen LogP) is 3.21. The molecule has 1 aromatic carbocycles. The fourth-order valence-electron chi connectivity index (χ4n) is 3.65. The first-order valence-electron chi connectivity index (χ1n) is 10.2. The molecule has 29 heavy (non-hydrogen) atoms. The monoisotopic (exact) mass is 392 g/mol. The molecule has 0 amide bonds. The Kier molecular flexibility index (Phi) is 5.64. The van der Waals surface area contributed by atoms with Crippen LogP contribution < -0.4 is 19.4 Å². The van der Waals surface area contributed by atoms with Gasteiger partial charge in [-0.05, 0) is 24.6 Å². The smallest absolute Gasteiger partial charge is 0.226 e. The van der Waals surface area contributed by atoms with Crippen LogP contribution in [0.3, 0.4) is 0 Å². The number of para-hydroxylation sites is 1. The summed E-state index contributed by atoms with van der Waals surface area (Å²) >= 11 is 0. The summed E-state index contributed by atoms with van der Waals surface area (Å²) in [6.45, 7) is 6.51. The molecule has 1 aliphatic rings. The van der Waals surface area contributed by atoms with Crippen LogP contribution in [0.5, 0.6) is 5.75 Å². The number of rotatable bonds is 6. The summed E-state index contributed by atoms with van der Waals surface area (Å²) in [6, 6.07) is 10.3. The summed E-state index contributed by atoms with van der Waals surface area (Å²) < 4.78 is 5.91. The van der Waals surface area contributed by atoms with Crippen LogP contribution in [0.15, 0.2) is 42.7 Å². The number of fused-ring (bicyclic) bond motifs is 1. The normalized spacial score (nSPS) is 14.3. The Morgan fingerprint density at radius 3 is 2.48 bits per heavy atom. The molecule has 0 atom stereocenters. The second kappa shape index (κ2) is 8.51. The van der Waals surface area contributed by atoms with E-state index in [1.54, 1.807) is 0 Å². The highest BCUT2D eigenvalue weighted by Gasteiger charge is 2.21. The third kappa shape index (κ3) is 4.04. The van der Waals surface area contributed by atoms with E-state index in [0.29, 0.717) is 6.61 Å². The van der Waals surface area contributed by atoms with Crippen LogP contribution >= 0.6 is 0 Å². The number of nitrogens with zero attached hydrogens (tertiary/aromatic N) is 6. The molecule has 4 rings (SSSR count). The van der Waals surface area contributed by atoms with Gasteiger partial charge in [0.25, 0.3) is 0 Å². The first-order valence-corrected chi connectivity index (χ1v) is 10.2. The minimum atomic E-state index is 0.706. The Bertz CT molecular complexity index is 968. The summed E-state index contributed by atoms with van der Waals surface area (Å²) in [6.07, 6.45) is 4.70. The number of aromatic nitrogens is 3. The topological polar surface area (TPSA) is 57.6 Å². The molecular formula is C22H28N6O. The van der Waals surface area contributed by atoms with Gasteiger partial charge in [0.2, 0.25) is 5.95 Å². The van der Waals surface area contributed by atoms with E-state index in [0.717, 1.165) is 61.0 Å². The maximum Gasteiger partial charge on any atom is 0.226 e. The minimum absolute atomic E-state index is 0.706. The number of benzene rings is 1. The molecule has 0 bridgehead atoms. The molecule has 152 valence electrons. The van der Waals surface area contributed by atoms with E-state index in [1.807, 2.05) is 43.5 Å². The van der Waals surface area contributed by atoms with Crippen molar-refractivity contribution in [3.8, 4) is 5.75 Å². The van der Waals surface area contributed by atoms with E-state index in [9.17, 15) is 0 Å². The number of ether oxygens (including phenoxy) is 1. The number of pyridine rings is 1. The molecule has 0 N–H and O–H groups in total. The quantitative estimate of drug-likeness (QED) is 0.638. The summed E-state index contributed by atoms with van der Waals surface area (Å²) in [5.74, 6) is 2.59. The van der Waals surface area contributed by atoms with Crippen LogP contribution in [-0.2, 0) is 0 Å². The summed E-state index contributed by atoms with van der Waals surface area (Å²) in [5, 5.41) is 1.14. The van der Waals surface area contributed by atoms with Crippen LogP contribution in [0, 0.1) is 0 Å². The molecule has 7 heteroatoms. The zero-order chi connectivity index (χ0) is 20.2. The molecule has 0 saturated carbocycles. The molecular weight excluding hydrogens is 364 g/mol. The zero-order valence-corrected chi connectivity index (χ0v) is 17.4. The van der Waals surface area contributed by atoms with Crippen LogP contribution in [0.4, 0.5) is 17.5 Å². The van der Waals surface area contributed by atoms with Gasteiger partial charge < -0.3 is 19.4 Å².